The van der Waals surface area contributed by atoms with Gasteiger partial charge in [-0.1, -0.05) is 29.8 Å². The Morgan fingerprint density at radius 3 is 2.43 bits per heavy atom. The zero-order valence-electron chi connectivity index (χ0n) is 15.1. The summed E-state index contributed by atoms with van der Waals surface area (Å²) in [5.41, 5.74) is 3.80. The topological polar surface area (TPSA) is 69.0 Å². The molecular formula is C21H17ClN4O2. The van der Waals surface area contributed by atoms with E-state index in [0.29, 0.717) is 22.0 Å². The maximum absolute atomic E-state index is 12.2. The van der Waals surface area contributed by atoms with Crippen LogP contribution in [0.2, 0.25) is 5.02 Å². The fraction of sp³-hybridized carbons (Fsp3) is 0.0952. The van der Waals surface area contributed by atoms with Gasteiger partial charge in [-0.3, -0.25) is 4.79 Å². The smallest absolute Gasteiger partial charge is 0.262 e. The number of carbonyl (C=O) groups excluding carboxylic acids is 1. The highest BCUT2D eigenvalue weighted by Crippen LogP contribution is 2.22. The van der Waals surface area contributed by atoms with E-state index >= 15 is 0 Å². The number of hydrogen-bond donors (Lipinski definition) is 1. The number of amides is 1. The van der Waals surface area contributed by atoms with Crippen LogP contribution in [-0.2, 0) is 4.79 Å². The van der Waals surface area contributed by atoms with Crippen LogP contribution < -0.4 is 10.1 Å². The van der Waals surface area contributed by atoms with Crippen LogP contribution in [0.5, 0.6) is 5.75 Å². The van der Waals surface area contributed by atoms with Crippen LogP contribution in [0.25, 0.3) is 16.7 Å². The van der Waals surface area contributed by atoms with Gasteiger partial charge in [0.1, 0.15) is 16.8 Å². The predicted octanol–water partition coefficient (Wildman–Crippen LogP) is 4.40. The van der Waals surface area contributed by atoms with Crippen LogP contribution in [0, 0.1) is 6.92 Å². The van der Waals surface area contributed by atoms with Crippen molar-refractivity contribution >= 4 is 34.2 Å². The van der Waals surface area contributed by atoms with E-state index in [-0.39, 0.29) is 12.5 Å². The van der Waals surface area contributed by atoms with Crippen LogP contribution in [-0.4, -0.2) is 27.5 Å². The molecule has 3 aromatic carbocycles. The largest absolute Gasteiger partial charge is 0.484 e. The number of benzene rings is 3. The number of aromatic nitrogens is 3. The summed E-state index contributed by atoms with van der Waals surface area (Å²) in [4.78, 5) is 13.8. The molecule has 0 fully saturated rings. The molecule has 0 atom stereocenters. The van der Waals surface area contributed by atoms with Gasteiger partial charge in [0.2, 0.25) is 0 Å². The molecule has 0 unspecified atom stereocenters. The van der Waals surface area contributed by atoms with E-state index < -0.39 is 0 Å². The third-order valence-electron chi connectivity index (χ3n) is 4.17. The normalized spacial score (nSPS) is 10.8. The van der Waals surface area contributed by atoms with Crippen molar-refractivity contribution in [2.75, 3.05) is 11.9 Å². The molecule has 1 heterocycles. The number of halogens is 1. The Labute approximate surface area is 166 Å². The first-order valence-corrected chi connectivity index (χ1v) is 9.07. The minimum atomic E-state index is -0.239. The summed E-state index contributed by atoms with van der Waals surface area (Å²) in [5, 5.41) is 12.5. The molecule has 0 aliphatic carbocycles. The number of anilines is 1. The Hall–Kier alpha value is -3.38. The molecular weight excluding hydrogens is 376 g/mol. The molecule has 0 bridgehead atoms. The lowest BCUT2D eigenvalue weighted by molar-refractivity contribution is -0.118. The molecule has 7 heteroatoms. The molecule has 4 rings (SSSR count). The minimum absolute atomic E-state index is 0.0705. The van der Waals surface area contributed by atoms with Gasteiger partial charge in [0.25, 0.3) is 5.91 Å². The summed E-state index contributed by atoms with van der Waals surface area (Å²) < 4.78 is 5.48. The molecule has 4 aromatic rings. The number of nitrogens with zero attached hydrogens (tertiary/aromatic N) is 3. The van der Waals surface area contributed by atoms with Gasteiger partial charge in [0, 0.05) is 10.7 Å². The van der Waals surface area contributed by atoms with Crippen molar-refractivity contribution in [3.8, 4) is 11.4 Å². The number of fused-ring (bicyclic) bond motifs is 1. The second-order valence-corrected chi connectivity index (χ2v) is 6.71. The summed E-state index contributed by atoms with van der Waals surface area (Å²) in [7, 11) is 0. The second kappa shape index (κ2) is 7.70. The van der Waals surface area contributed by atoms with Gasteiger partial charge in [-0.25, -0.2) is 0 Å². The maximum atomic E-state index is 12.2. The first kappa shape index (κ1) is 18.0. The lowest BCUT2D eigenvalue weighted by Gasteiger charge is -2.09. The Morgan fingerprint density at radius 2 is 1.71 bits per heavy atom. The summed E-state index contributed by atoms with van der Waals surface area (Å²) >= 11 is 5.93. The van der Waals surface area contributed by atoms with Crippen LogP contribution >= 0.6 is 11.6 Å². The van der Waals surface area contributed by atoms with Crippen molar-refractivity contribution < 1.29 is 9.53 Å². The van der Waals surface area contributed by atoms with Crippen LogP contribution in [0.1, 0.15) is 5.56 Å². The van der Waals surface area contributed by atoms with Crippen molar-refractivity contribution in [3.63, 3.8) is 0 Å². The maximum Gasteiger partial charge on any atom is 0.262 e. The Kier molecular flexibility index (Phi) is 4.95. The lowest BCUT2D eigenvalue weighted by atomic mass is 10.1. The van der Waals surface area contributed by atoms with E-state index in [1.807, 2.05) is 49.4 Å². The first-order chi connectivity index (χ1) is 13.6. The van der Waals surface area contributed by atoms with Crippen LogP contribution in [0.15, 0.2) is 66.7 Å². The van der Waals surface area contributed by atoms with Gasteiger partial charge in [-0.15, -0.1) is 10.2 Å². The average Bonchev–Trinajstić information content (AvgIpc) is 3.10. The molecule has 0 aliphatic rings. The highest BCUT2D eigenvalue weighted by molar-refractivity contribution is 6.30. The molecule has 0 radical (unpaired) electrons. The summed E-state index contributed by atoms with van der Waals surface area (Å²) in [6.45, 7) is 1.84. The average molecular weight is 393 g/mol. The third kappa shape index (κ3) is 3.97. The number of hydrogen-bond acceptors (Lipinski definition) is 4. The number of rotatable bonds is 5. The summed E-state index contributed by atoms with van der Waals surface area (Å²) in [5.74, 6) is 0.409. The Bertz CT molecular complexity index is 1120. The van der Waals surface area contributed by atoms with E-state index in [2.05, 4.69) is 15.5 Å². The molecule has 0 spiro atoms. The highest BCUT2D eigenvalue weighted by atomic mass is 35.5. The standard InChI is InChI=1S/C21H17ClN4O2/c1-14-11-19-20(25-26(24-19)16-9-7-15(22)8-10-16)12-18(14)23-21(27)13-28-17-5-3-2-4-6-17/h2-12H,13H2,1H3,(H,23,27). The number of aryl methyl sites for hydroxylation is 1. The van der Waals surface area contributed by atoms with E-state index in [1.54, 1.807) is 29.1 Å². The molecule has 1 N–H and O–H groups in total. The first-order valence-electron chi connectivity index (χ1n) is 8.70. The summed E-state index contributed by atoms with van der Waals surface area (Å²) in [6.07, 6.45) is 0. The van der Waals surface area contributed by atoms with Gasteiger partial charge in [-0.2, -0.15) is 4.80 Å². The number of nitrogens with one attached hydrogen (secondary N) is 1. The molecule has 6 nitrogen and oxygen atoms in total. The van der Waals surface area contributed by atoms with Crippen molar-refractivity contribution in [1.82, 2.24) is 15.0 Å². The Balaban J connectivity index is 1.52. The number of carbonyl (C=O) groups is 1. The monoisotopic (exact) mass is 392 g/mol. The molecule has 0 saturated carbocycles. The predicted molar refractivity (Wildman–Crippen MR) is 109 cm³/mol. The SMILES string of the molecule is Cc1cc2nn(-c3ccc(Cl)cc3)nc2cc1NC(=O)COc1ccccc1. The minimum Gasteiger partial charge on any atom is -0.484 e. The van der Waals surface area contributed by atoms with Crippen molar-refractivity contribution in [2.24, 2.45) is 0 Å². The number of para-hydroxylation sites is 1. The molecule has 140 valence electrons. The van der Waals surface area contributed by atoms with Gasteiger partial charge in [-0.05, 0) is 61.0 Å². The molecule has 0 aliphatic heterocycles. The second-order valence-electron chi connectivity index (χ2n) is 6.27. The lowest BCUT2D eigenvalue weighted by Crippen LogP contribution is -2.20. The molecule has 1 amide bonds. The third-order valence-corrected chi connectivity index (χ3v) is 4.42. The zero-order chi connectivity index (χ0) is 19.5. The van der Waals surface area contributed by atoms with Crippen molar-refractivity contribution in [1.29, 1.82) is 0 Å². The van der Waals surface area contributed by atoms with Crippen molar-refractivity contribution in [3.05, 3.63) is 77.3 Å². The molecule has 28 heavy (non-hydrogen) atoms. The van der Waals surface area contributed by atoms with Crippen LogP contribution in [0.3, 0.4) is 0 Å². The zero-order valence-corrected chi connectivity index (χ0v) is 15.8. The summed E-state index contributed by atoms with van der Waals surface area (Å²) in [6, 6.07) is 20.2. The Morgan fingerprint density at radius 1 is 1.04 bits per heavy atom. The van der Waals surface area contributed by atoms with Gasteiger partial charge in [0.05, 0.1) is 5.69 Å². The fourth-order valence-corrected chi connectivity index (χ4v) is 2.87. The van der Waals surface area contributed by atoms with Crippen LogP contribution in [0.4, 0.5) is 5.69 Å². The molecule has 1 aromatic heterocycles. The van der Waals surface area contributed by atoms with E-state index in [4.69, 9.17) is 16.3 Å². The van der Waals surface area contributed by atoms with Gasteiger partial charge >= 0.3 is 0 Å². The highest BCUT2D eigenvalue weighted by Gasteiger charge is 2.11. The quantitative estimate of drug-likeness (QED) is 0.546. The van der Waals surface area contributed by atoms with Gasteiger partial charge < -0.3 is 10.1 Å². The van der Waals surface area contributed by atoms with E-state index in [0.717, 1.165) is 16.8 Å². The van der Waals surface area contributed by atoms with Gasteiger partial charge in [0.15, 0.2) is 6.61 Å². The molecule has 0 saturated heterocycles. The van der Waals surface area contributed by atoms with E-state index in [9.17, 15) is 4.79 Å². The van der Waals surface area contributed by atoms with Crippen molar-refractivity contribution in [2.45, 2.75) is 6.92 Å². The number of ether oxygens (including phenoxy) is 1. The fourth-order valence-electron chi connectivity index (χ4n) is 2.74. The van der Waals surface area contributed by atoms with E-state index in [1.165, 1.54) is 0 Å².